The number of urea groups is 1. The largest absolute Gasteiger partial charge is 0.380 e. The van der Waals surface area contributed by atoms with Crippen LogP contribution in [0.25, 0.3) is 0 Å². The zero-order valence-electron chi connectivity index (χ0n) is 17.5. The number of halogens is 1. The van der Waals surface area contributed by atoms with Gasteiger partial charge in [-0.25, -0.2) is 14.7 Å². The molecule has 10 nitrogen and oxygen atoms in total. The molecule has 3 heterocycles. The van der Waals surface area contributed by atoms with Gasteiger partial charge in [0.15, 0.2) is 0 Å². The number of pyridine rings is 1. The van der Waals surface area contributed by atoms with Crippen LogP contribution >= 0.6 is 11.6 Å². The van der Waals surface area contributed by atoms with Crippen molar-refractivity contribution in [3.05, 3.63) is 59.8 Å². The first-order valence-electron chi connectivity index (χ1n) is 10.0. The number of hydrogen-bond acceptors (Lipinski definition) is 6. The Morgan fingerprint density at radius 2 is 1.76 bits per heavy atom. The Morgan fingerprint density at radius 3 is 2.36 bits per heavy atom. The molecular weight excluding hydrogens is 450 g/mol. The second kappa shape index (κ2) is 9.39. The van der Waals surface area contributed by atoms with Crippen LogP contribution in [0.15, 0.2) is 54.7 Å². The van der Waals surface area contributed by atoms with Crippen LogP contribution in [0, 0.1) is 0 Å². The van der Waals surface area contributed by atoms with Crippen LogP contribution in [0.2, 0.25) is 5.02 Å². The summed E-state index contributed by atoms with van der Waals surface area (Å²) in [6.07, 6.45) is 3.83. The van der Waals surface area contributed by atoms with E-state index in [2.05, 4.69) is 15.6 Å². The lowest BCUT2D eigenvalue weighted by Gasteiger charge is -2.24. The molecule has 170 valence electrons. The monoisotopic (exact) mass is 469 g/mol. The Balaban J connectivity index is 1.44. The van der Waals surface area contributed by atoms with E-state index in [-0.39, 0.29) is 12.6 Å². The molecule has 33 heavy (non-hydrogen) atoms. The first-order chi connectivity index (χ1) is 15.9. The summed E-state index contributed by atoms with van der Waals surface area (Å²) in [4.78, 5) is 55.9. The number of rotatable bonds is 5. The lowest BCUT2D eigenvalue weighted by Crippen LogP contribution is -2.45. The highest BCUT2D eigenvalue weighted by molar-refractivity contribution is 6.30. The van der Waals surface area contributed by atoms with Crippen LogP contribution in [0.5, 0.6) is 0 Å². The number of carbonyl (C=O) groups is 4. The molecule has 4 rings (SSSR count). The minimum atomic E-state index is -0.770. The molecule has 5 amide bonds. The van der Waals surface area contributed by atoms with E-state index in [0.29, 0.717) is 28.6 Å². The molecule has 2 aliphatic rings. The lowest BCUT2D eigenvalue weighted by molar-refractivity contribution is -0.120. The van der Waals surface area contributed by atoms with Crippen molar-refractivity contribution in [3.63, 3.8) is 0 Å². The SMILES string of the molecule is CO[C@@H]1C[C@H](C(=O)Nc2ccc(N3C(=O)C=CC3=O)cc2)N(C(=O)Nc2ccc(Cl)cn2)C1. The highest BCUT2D eigenvalue weighted by Crippen LogP contribution is 2.25. The molecule has 2 atom stereocenters. The topological polar surface area (TPSA) is 121 Å². The fourth-order valence-electron chi connectivity index (χ4n) is 3.65. The first-order valence-corrected chi connectivity index (χ1v) is 10.4. The van der Waals surface area contributed by atoms with Gasteiger partial charge >= 0.3 is 6.03 Å². The van der Waals surface area contributed by atoms with Gasteiger partial charge in [-0.3, -0.25) is 19.7 Å². The second-order valence-electron chi connectivity index (χ2n) is 7.43. The maximum Gasteiger partial charge on any atom is 0.323 e. The molecule has 1 saturated heterocycles. The average Bonchev–Trinajstić information content (AvgIpc) is 3.39. The summed E-state index contributed by atoms with van der Waals surface area (Å²) >= 11 is 5.82. The van der Waals surface area contributed by atoms with E-state index >= 15 is 0 Å². The molecule has 0 radical (unpaired) electrons. The van der Waals surface area contributed by atoms with E-state index in [9.17, 15) is 19.2 Å². The summed E-state index contributed by atoms with van der Waals surface area (Å²) in [7, 11) is 1.52. The van der Waals surface area contributed by atoms with Crippen molar-refractivity contribution in [3.8, 4) is 0 Å². The number of methoxy groups -OCH3 is 1. The summed E-state index contributed by atoms with van der Waals surface area (Å²) in [5.74, 6) is -0.938. The molecule has 0 bridgehead atoms. The maximum absolute atomic E-state index is 13.0. The van der Waals surface area contributed by atoms with Crippen molar-refractivity contribution in [2.24, 2.45) is 0 Å². The van der Waals surface area contributed by atoms with Crippen LogP contribution in [0.1, 0.15) is 6.42 Å². The van der Waals surface area contributed by atoms with Gasteiger partial charge in [-0.15, -0.1) is 0 Å². The Bertz CT molecular complexity index is 1100. The zero-order valence-corrected chi connectivity index (χ0v) is 18.3. The van der Waals surface area contributed by atoms with E-state index < -0.39 is 29.8 Å². The quantitative estimate of drug-likeness (QED) is 0.649. The Hall–Kier alpha value is -3.76. The van der Waals surface area contributed by atoms with Gasteiger partial charge in [0.05, 0.1) is 16.8 Å². The van der Waals surface area contributed by atoms with Gasteiger partial charge in [0.1, 0.15) is 11.9 Å². The first kappa shape index (κ1) is 22.4. The highest BCUT2D eigenvalue weighted by Gasteiger charge is 2.40. The minimum Gasteiger partial charge on any atom is -0.380 e. The number of carbonyl (C=O) groups excluding carboxylic acids is 4. The molecule has 0 aliphatic carbocycles. The predicted molar refractivity (Wildman–Crippen MR) is 121 cm³/mol. The summed E-state index contributed by atoms with van der Waals surface area (Å²) in [6, 6.07) is 8.18. The molecule has 0 unspecified atom stereocenters. The van der Waals surface area contributed by atoms with E-state index in [1.807, 2.05) is 0 Å². The number of anilines is 3. The number of hydrogen-bond donors (Lipinski definition) is 2. The molecular formula is C22H20ClN5O5. The third-order valence-electron chi connectivity index (χ3n) is 5.32. The van der Waals surface area contributed by atoms with Crippen molar-refractivity contribution < 1.29 is 23.9 Å². The molecule has 11 heteroatoms. The van der Waals surface area contributed by atoms with Gasteiger partial charge in [0, 0.05) is 44.1 Å². The van der Waals surface area contributed by atoms with Gasteiger partial charge in [-0.2, -0.15) is 0 Å². The summed E-state index contributed by atoms with van der Waals surface area (Å²) < 4.78 is 5.37. The molecule has 2 aliphatic heterocycles. The van der Waals surface area contributed by atoms with Crippen LogP contribution in [-0.4, -0.2) is 59.4 Å². The molecule has 1 aromatic carbocycles. The Kier molecular flexibility index (Phi) is 6.38. The number of benzene rings is 1. The zero-order chi connectivity index (χ0) is 23.5. The summed E-state index contributed by atoms with van der Waals surface area (Å²) in [5.41, 5.74) is 0.848. The standard InChI is InChI=1S/C22H20ClN5O5/c1-33-16-10-17(27(12-16)22(32)26-18-7-2-13(23)11-24-18)21(31)25-14-3-5-15(6-4-14)28-19(29)8-9-20(28)30/h2-9,11,16-17H,10,12H2,1H3,(H,25,31)(H,24,26,32)/t16-,17-/m1/s1. The van der Waals surface area contributed by atoms with Crippen molar-refractivity contribution in [1.82, 2.24) is 9.88 Å². The van der Waals surface area contributed by atoms with E-state index in [1.54, 1.807) is 36.4 Å². The van der Waals surface area contributed by atoms with Crippen molar-refractivity contribution in [2.75, 3.05) is 29.2 Å². The number of imide groups is 1. The highest BCUT2D eigenvalue weighted by atomic mass is 35.5. The Morgan fingerprint density at radius 1 is 1.06 bits per heavy atom. The number of nitrogens with zero attached hydrogens (tertiary/aromatic N) is 3. The van der Waals surface area contributed by atoms with E-state index in [4.69, 9.17) is 16.3 Å². The average molecular weight is 470 g/mol. The normalized spacial score (nSPS) is 19.8. The van der Waals surface area contributed by atoms with Gasteiger partial charge in [-0.1, -0.05) is 11.6 Å². The van der Waals surface area contributed by atoms with E-state index in [0.717, 1.165) is 4.90 Å². The van der Waals surface area contributed by atoms with Crippen molar-refractivity contribution >= 4 is 52.5 Å². The van der Waals surface area contributed by atoms with Crippen LogP contribution in [0.3, 0.4) is 0 Å². The second-order valence-corrected chi connectivity index (χ2v) is 7.87. The number of aromatic nitrogens is 1. The lowest BCUT2D eigenvalue weighted by atomic mass is 10.1. The minimum absolute atomic E-state index is 0.235. The number of ether oxygens (including phenoxy) is 1. The third kappa shape index (κ3) is 4.86. The number of nitrogens with one attached hydrogen (secondary N) is 2. The molecule has 1 aromatic heterocycles. The molecule has 0 saturated carbocycles. The smallest absolute Gasteiger partial charge is 0.323 e. The van der Waals surface area contributed by atoms with E-state index in [1.165, 1.54) is 30.4 Å². The van der Waals surface area contributed by atoms with Crippen LogP contribution in [-0.2, 0) is 19.1 Å². The van der Waals surface area contributed by atoms with Gasteiger partial charge < -0.3 is 15.0 Å². The Labute approximate surface area is 194 Å². The van der Waals surface area contributed by atoms with Crippen LogP contribution in [0.4, 0.5) is 22.0 Å². The summed E-state index contributed by atoms with van der Waals surface area (Å²) in [6.45, 7) is 0.235. The van der Waals surface area contributed by atoms with Gasteiger partial charge in [-0.05, 0) is 36.4 Å². The van der Waals surface area contributed by atoms with Gasteiger partial charge in [0.25, 0.3) is 11.8 Å². The molecule has 1 fully saturated rings. The number of amides is 5. The number of likely N-dealkylation sites (tertiary alicyclic amines) is 1. The van der Waals surface area contributed by atoms with Crippen molar-refractivity contribution in [2.45, 2.75) is 18.6 Å². The fourth-order valence-corrected chi connectivity index (χ4v) is 3.76. The maximum atomic E-state index is 13.0. The molecule has 2 N–H and O–H groups in total. The molecule has 2 aromatic rings. The van der Waals surface area contributed by atoms with Crippen LogP contribution < -0.4 is 15.5 Å². The van der Waals surface area contributed by atoms with Gasteiger partial charge in [0.2, 0.25) is 5.91 Å². The summed E-state index contributed by atoms with van der Waals surface area (Å²) in [5, 5.41) is 5.87. The third-order valence-corrected chi connectivity index (χ3v) is 5.55. The van der Waals surface area contributed by atoms with Crippen molar-refractivity contribution in [1.29, 1.82) is 0 Å². The molecule has 0 spiro atoms. The fraction of sp³-hybridized carbons (Fsp3) is 0.227. The predicted octanol–water partition coefficient (Wildman–Crippen LogP) is 2.42.